The van der Waals surface area contributed by atoms with E-state index < -0.39 is 0 Å². The van der Waals surface area contributed by atoms with Gasteiger partial charge in [0.05, 0.1) is 4.08 Å². The van der Waals surface area contributed by atoms with Crippen LogP contribution in [-0.2, 0) is 4.08 Å². The van der Waals surface area contributed by atoms with Crippen molar-refractivity contribution in [3.8, 4) is 5.75 Å². The number of rotatable bonds is 1. The van der Waals surface area contributed by atoms with Gasteiger partial charge in [-0.2, -0.15) is 0 Å². The van der Waals surface area contributed by atoms with Crippen LogP contribution in [0.1, 0.15) is 30.1 Å². The second-order valence-corrected chi connectivity index (χ2v) is 8.57. The van der Waals surface area contributed by atoms with Crippen molar-refractivity contribution in [2.24, 2.45) is 0 Å². The van der Waals surface area contributed by atoms with Gasteiger partial charge in [-0.25, -0.2) is 0 Å². The summed E-state index contributed by atoms with van der Waals surface area (Å²) in [6.07, 6.45) is 2.54. The summed E-state index contributed by atoms with van der Waals surface area (Å²) in [6.45, 7) is 0. The van der Waals surface area contributed by atoms with E-state index in [0.29, 0.717) is 0 Å². The molecular formula is C18H18OS2. The third kappa shape index (κ3) is 2.47. The number of fused-ring (bicyclic) bond motifs is 2. The molecule has 1 spiro atoms. The van der Waals surface area contributed by atoms with Crippen LogP contribution < -0.4 is 4.74 Å². The molecule has 1 saturated heterocycles. The molecule has 21 heavy (non-hydrogen) atoms. The first-order valence-electron chi connectivity index (χ1n) is 7.46. The van der Waals surface area contributed by atoms with Crippen molar-refractivity contribution in [3.63, 3.8) is 0 Å². The molecule has 2 aromatic carbocycles. The largest absolute Gasteiger partial charge is 0.485 e. The summed E-state index contributed by atoms with van der Waals surface area (Å²) < 4.78 is 6.49. The first-order chi connectivity index (χ1) is 10.4. The van der Waals surface area contributed by atoms with Crippen molar-refractivity contribution >= 4 is 23.5 Å². The molecule has 0 bridgehead atoms. The van der Waals surface area contributed by atoms with Gasteiger partial charge in [0.25, 0.3) is 0 Å². The maximum absolute atomic E-state index is 6.32. The number of ether oxygens (including phenoxy) is 1. The number of benzene rings is 2. The van der Waals surface area contributed by atoms with Crippen LogP contribution in [0, 0.1) is 0 Å². The zero-order chi connectivity index (χ0) is 14.1. The lowest BCUT2D eigenvalue weighted by atomic mass is 9.96. The van der Waals surface area contributed by atoms with E-state index in [4.69, 9.17) is 4.74 Å². The van der Waals surface area contributed by atoms with Crippen LogP contribution >= 0.6 is 23.5 Å². The molecule has 3 heteroatoms. The molecule has 0 radical (unpaired) electrons. The molecule has 1 nitrogen and oxygen atoms in total. The van der Waals surface area contributed by atoms with Crippen molar-refractivity contribution in [2.45, 2.75) is 23.0 Å². The number of para-hydroxylation sites is 1. The lowest BCUT2D eigenvalue weighted by molar-refractivity contribution is 0.169. The van der Waals surface area contributed by atoms with E-state index in [1.807, 2.05) is 0 Å². The molecule has 2 aliphatic heterocycles. The van der Waals surface area contributed by atoms with E-state index in [2.05, 4.69) is 78.1 Å². The Balaban J connectivity index is 1.76. The molecule has 108 valence electrons. The Kier molecular flexibility index (Phi) is 3.64. The normalized spacial score (nSPS) is 23.3. The average molecular weight is 314 g/mol. The molecule has 1 fully saturated rings. The lowest BCUT2D eigenvalue weighted by Gasteiger charge is -2.43. The highest BCUT2D eigenvalue weighted by atomic mass is 32.2. The Morgan fingerprint density at radius 1 is 0.905 bits per heavy atom. The van der Waals surface area contributed by atoms with Gasteiger partial charge in [-0.1, -0.05) is 48.5 Å². The maximum Gasteiger partial charge on any atom is 0.126 e. The molecule has 2 aliphatic rings. The van der Waals surface area contributed by atoms with Gasteiger partial charge in [0.2, 0.25) is 0 Å². The Bertz CT molecular complexity index is 620. The summed E-state index contributed by atoms with van der Waals surface area (Å²) in [4.78, 5) is 0. The van der Waals surface area contributed by atoms with E-state index in [0.717, 1.165) is 12.2 Å². The summed E-state index contributed by atoms with van der Waals surface area (Å²) >= 11 is 4.22. The third-order valence-electron chi connectivity index (χ3n) is 4.15. The molecule has 2 heterocycles. The average Bonchev–Trinajstić information content (AvgIpc) is 2.56. The zero-order valence-corrected chi connectivity index (χ0v) is 13.5. The molecule has 2 aromatic rings. The van der Waals surface area contributed by atoms with Crippen LogP contribution in [0.15, 0.2) is 54.6 Å². The van der Waals surface area contributed by atoms with Crippen LogP contribution in [-0.4, -0.2) is 11.5 Å². The van der Waals surface area contributed by atoms with Crippen LogP contribution in [0.4, 0.5) is 0 Å². The highest BCUT2D eigenvalue weighted by Gasteiger charge is 2.44. The summed E-state index contributed by atoms with van der Waals surface area (Å²) in [7, 11) is 0. The second kappa shape index (κ2) is 5.62. The first kappa shape index (κ1) is 13.6. The van der Waals surface area contributed by atoms with Crippen LogP contribution in [0.2, 0.25) is 0 Å². The molecule has 0 amide bonds. The van der Waals surface area contributed by atoms with Crippen LogP contribution in [0.5, 0.6) is 5.75 Å². The van der Waals surface area contributed by atoms with E-state index in [9.17, 15) is 0 Å². The van der Waals surface area contributed by atoms with Gasteiger partial charge in [0, 0.05) is 12.0 Å². The third-order valence-corrected chi connectivity index (χ3v) is 7.55. The Morgan fingerprint density at radius 2 is 1.62 bits per heavy atom. The fraction of sp³-hybridized carbons (Fsp3) is 0.333. The van der Waals surface area contributed by atoms with Gasteiger partial charge in [-0.15, -0.1) is 23.5 Å². The topological polar surface area (TPSA) is 9.23 Å². The molecule has 1 atom stereocenters. The van der Waals surface area contributed by atoms with E-state index in [1.54, 1.807) is 0 Å². The smallest absolute Gasteiger partial charge is 0.126 e. The predicted octanol–water partition coefficient (Wildman–Crippen LogP) is 5.23. The van der Waals surface area contributed by atoms with Gasteiger partial charge < -0.3 is 4.74 Å². The van der Waals surface area contributed by atoms with Gasteiger partial charge in [0.15, 0.2) is 0 Å². The zero-order valence-electron chi connectivity index (χ0n) is 11.8. The number of thioether (sulfide) groups is 2. The van der Waals surface area contributed by atoms with E-state index in [-0.39, 0.29) is 10.2 Å². The predicted molar refractivity (Wildman–Crippen MR) is 92.1 cm³/mol. The van der Waals surface area contributed by atoms with Gasteiger partial charge in [-0.3, -0.25) is 0 Å². The van der Waals surface area contributed by atoms with Crippen molar-refractivity contribution in [1.82, 2.24) is 0 Å². The fourth-order valence-corrected chi connectivity index (χ4v) is 6.57. The Labute approximate surface area is 134 Å². The minimum atomic E-state index is 0.166. The monoisotopic (exact) mass is 314 g/mol. The van der Waals surface area contributed by atoms with E-state index >= 15 is 0 Å². The molecule has 0 aliphatic carbocycles. The highest BCUT2D eigenvalue weighted by Crippen LogP contribution is 2.60. The SMILES string of the molecule is c1ccc(C2CC3(SCCCS3)c3ccccc3O2)cc1. The Hall–Kier alpha value is -1.06. The van der Waals surface area contributed by atoms with Gasteiger partial charge in [-0.05, 0) is 29.6 Å². The van der Waals surface area contributed by atoms with Crippen LogP contribution in [0.25, 0.3) is 0 Å². The van der Waals surface area contributed by atoms with Gasteiger partial charge >= 0.3 is 0 Å². The fourth-order valence-electron chi connectivity index (χ4n) is 3.13. The number of hydrogen-bond donors (Lipinski definition) is 0. The van der Waals surface area contributed by atoms with Crippen molar-refractivity contribution in [3.05, 3.63) is 65.7 Å². The van der Waals surface area contributed by atoms with Gasteiger partial charge in [0.1, 0.15) is 11.9 Å². The van der Waals surface area contributed by atoms with Crippen molar-refractivity contribution in [2.75, 3.05) is 11.5 Å². The molecule has 4 rings (SSSR count). The second-order valence-electron chi connectivity index (χ2n) is 5.52. The molecule has 0 aromatic heterocycles. The molecule has 1 unspecified atom stereocenters. The van der Waals surface area contributed by atoms with Crippen LogP contribution in [0.3, 0.4) is 0 Å². The first-order valence-corrected chi connectivity index (χ1v) is 9.44. The van der Waals surface area contributed by atoms with Crippen molar-refractivity contribution < 1.29 is 4.74 Å². The summed E-state index contributed by atoms with van der Waals surface area (Å²) in [6, 6.07) is 19.2. The molecule has 0 N–H and O–H groups in total. The lowest BCUT2D eigenvalue weighted by Crippen LogP contribution is -2.32. The standard InChI is InChI=1S/C18H18OS2/c1-2-7-14(8-3-1)17-13-18(20-11-6-12-21-18)15-9-4-5-10-16(15)19-17/h1-5,7-10,17H,6,11-13H2. The highest BCUT2D eigenvalue weighted by molar-refractivity contribution is 8.18. The minimum absolute atomic E-state index is 0.166. The Morgan fingerprint density at radius 3 is 2.43 bits per heavy atom. The summed E-state index contributed by atoms with van der Waals surface area (Å²) in [5.74, 6) is 3.57. The quantitative estimate of drug-likeness (QED) is 0.713. The summed E-state index contributed by atoms with van der Waals surface area (Å²) in [5, 5.41) is 0. The summed E-state index contributed by atoms with van der Waals surface area (Å²) in [5.41, 5.74) is 2.67. The van der Waals surface area contributed by atoms with Crippen molar-refractivity contribution in [1.29, 1.82) is 0 Å². The molecule has 0 saturated carbocycles. The maximum atomic E-state index is 6.32. The minimum Gasteiger partial charge on any atom is -0.485 e. The number of hydrogen-bond acceptors (Lipinski definition) is 3. The molecular weight excluding hydrogens is 296 g/mol. The van der Waals surface area contributed by atoms with E-state index in [1.165, 1.54) is 29.1 Å².